The van der Waals surface area contributed by atoms with E-state index >= 15 is 0 Å². The first kappa shape index (κ1) is 14.3. The molecule has 0 amide bonds. The fraction of sp³-hybridized carbons (Fsp3) is 1.00. The second-order valence-electron chi connectivity index (χ2n) is 6.87. The van der Waals surface area contributed by atoms with Gasteiger partial charge in [0.15, 0.2) is 0 Å². The summed E-state index contributed by atoms with van der Waals surface area (Å²) >= 11 is 0. The van der Waals surface area contributed by atoms with Crippen molar-refractivity contribution in [3.8, 4) is 0 Å². The third-order valence-electron chi connectivity index (χ3n) is 5.08. The lowest BCUT2D eigenvalue weighted by Crippen LogP contribution is -2.60. The fourth-order valence-electron chi connectivity index (χ4n) is 3.65. The molecule has 0 spiro atoms. The van der Waals surface area contributed by atoms with Crippen molar-refractivity contribution in [3.63, 3.8) is 0 Å². The second kappa shape index (κ2) is 5.89. The second-order valence-corrected chi connectivity index (χ2v) is 6.87. The Morgan fingerprint density at radius 2 is 1.94 bits per heavy atom. The van der Waals surface area contributed by atoms with E-state index in [2.05, 4.69) is 31.0 Å². The molecule has 0 aromatic carbocycles. The van der Waals surface area contributed by atoms with E-state index < -0.39 is 0 Å². The SMILES string of the molecule is CC1CCC(NC2(CN)CCN(C(C)C)CC2)C1. The maximum Gasteiger partial charge on any atom is 0.0330 e. The van der Waals surface area contributed by atoms with Gasteiger partial charge in [0, 0.05) is 37.3 Å². The molecule has 1 aliphatic heterocycles. The quantitative estimate of drug-likeness (QED) is 0.805. The average molecular weight is 253 g/mol. The molecule has 2 rings (SSSR count). The Morgan fingerprint density at radius 1 is 1.28 bits per heavy atom. The van der Waals surface area contributed by atoms with Crippen LogP contribution < -0.4 is 11.1 Å². The Labute approximate surface area is 112 Å². The summed E-state index contributed by atoms with van der Waals surface area (Å²) in [5.41, 5.74) is 6.31. The maximum atomic E-state index is 6.09. The van der Waals surface area contributed by atoms with Crippen molar-refractivity contribution in [2.75, 3.05) is 19.6 Å². The maximum absolute atomic E-state index is 6.09. The minimum Gasteiger partial charge on any atom is -0.329 e. The van der Waals surface area contributed by atoms with Crippen molar-refractivity contribution in [2.45, 2.75) is 70.5 Å². The summed E-state index contributed by atoms with van der Waals surface area (Å²) in [6.45, 7) is 10.2. The molecule has 3 heteroatoms. The van der Waals surface area contributed by atoms with E-state index in [4.69, 9.17) is 5.73 Å². The van der Waals surface area contributed by atoms with Crippen molar-refractivity contribution in [1.29, 1.82) is 0 Å². The van der Waals surface area contributed by atoms with E-state index in [0.29, 0.717) is 12.1 Å². The zero-order valence-electron chi connectivity index (χ0n) is 12.4. The highest BCUT2D eigenvalue weighted by molar-refractivity contribution is 4.98. The summed E-state index contributed by atoms with van der Waals surface area (Å²) < 4.78 is 0. The van der Waals surface area contributed by atoms with E-state index in [1.165, 1.54) is 45.2 Å². The first-order valence-electron chi connectivity index (χ1n) is 7.76. The monoisotopic (exact) mass is 253 g/mol. The van der Waals surface area contributed by atoms with E-state index in [-0.39, 0.29) is 5.54 Å². The molecule has 2 fully saturated rings. The smallest absolute Gasteiger partial charge is 0.0330 e. The number of piperidine rings is 1. The standard InChI is InChI=1S/C15H31N3/c1-12(2)18-8-6-15(11-16,7-9-18)17-14-5-4-13(3)10-14/h12-14,17H,4-11,16H2,1-3H3. The highest BCUT2D eigenvalue weighted by Gasteiger charge is 2.36. The Morgan fingerprint density at radius 3 is 2.39 bits per heavy atom. The normalized spacial score (nSPS) is 33.2. The van der Waals surface area contributed by atoms with Crippen LogP contribution in [-0.2, 0) is 0 Å². The molecule has 1 saturated heterocycles. The summed E-state index contributed by atoms with van der Waals surface area (Å²) in [5, 5.41) is 3.92. The summed E-state index contributed by atoms with van der Waals surface area (Å²) in [4.78, 5) is 2.58. The Balaban J connectivity index is 1.88. The van der Waals surface area contributed by atoms with E-state index in [0.717, 1.165) is 12.5 Å². The lowest BCUT2D eigenvalue weighted by Gasteiger charge is -2.44. The number of hydrogen-bond donors (Lipinski definition) is 2. The molecule has 2 atom stereocenters. The molecule has 2 unspecified atom stereocenters. The average Bonchev–Trinajstić information content (AvgIpc) is 2.75. The predicted molar refractivity (Wildman–Crippen MR) is 77.7 cm³/mol. The minimum atomic E-state index is 0.222. The number of nitrogens with two attached hydrogens (primary N) is 1. The van der Waals surface area contributed by atoms with Crippen LogP contribution in [0.25, 0.3) is 0 Å². The van der Waals surface area contributed by atoms with Crippen LogP contribution in [0.4, 0.5) is 0 Å². The molecule has 1 aliphatic carbocycles. The molecule has 1 heterocycles. The number of rotatable bonds is 4. The molecular weight excluding hydrogens is 222 g/mol. The largest absolute Gasteiger partial charge is 0.329 e. The molecule has 0 bridgehead atoms. The Hall–Kier alpha value is -0.120. The van der Waals surface area contributed by atoms with Crippen LogP contribution in [0.1, 0.15) is 52.9 Å². The lowest BCUT2D eigenvalue weighted by molar-refractivity contribution is 0.106. The first-order valence-corrected chi connectivity index (χ1v) is 7.76. The van der Waals surface area contributed by atoms with Crippen molar-refractivity contribution in [3.05, 3.63) is 0 Å². The van der Waals surface area contributed by atoms with Gasteiger partial charge in [-0.25, -0.2) is 0 Å². The van der Waals surface area contributed by atoms with Gasteiger partial charge >= 0.3 is 0 Å². The topological polar surface area (TPSA) is 41.3 Å². The van der Waals surface area contributed by atoms with Crippen molar-refractivity contribution < 1.29 is 0 Å². The van der Waals surface area contributed by atoms with Crippen LogP contribution in [0.2, 0.25) is 0 Å². The van der Waals surface area contributed by atoms with Crippen LogP contribution >= 0.6 is 0 Å². The van der Waals surface area contributed by atoms with Crippen LogP contribution in [-0.4, -0.2) is 42.2 Å². The zero-order chi connectivity index (χ0) is 13.2. The fourth-order valence-corrected chi connectivity index (χ4v) is 3.65. The number of nitrogens with one attached hydrogen (secondary N) is 1. The number of likely N-dealkylation sites (tertiary alicyclic amines) is 1. The van der Waals surface area contributed by atoms with E-state index in [1.807, 2.05) is 0 Å². The molecule has 0 aromatic rings. The van der Waals surface area contributed by atoms with Gasteiger partial charge < -0.3 is 16.0 Å². The molecular formula is C15H31N3. The van der Waals surface area contributed by atoms with Gasteiger partial charge in [0.2, 0.25) is 0 Å². The van der Waals surface area contributed by atoms with Gasteiger partial charge in [-0.15, -0.1) is 0 Å². The van der Waals surface area contributed by atoms with Crippen LogP contribution in [0.5, 0.6) is 0 Å². The zero-order valence-corrected chi connectivity index (χ0v) is 12.4. The van der Waals surface area contributed by atoms with Gasteiger partial charge in [0.1, 0.15) is 0 Å². The Bertz CT molecular complexity index is 256. The molecule has 1 saturated carbocycles. The highest BCUT2D eigenvalue weighted by atomic mass is 15.2. The molecule has 106 valence electrons. The van der Waals surface area contributed by atoms with Crippen molar-refractivity contribution in [2.24, 2.45) is 11.7 Å². The third kappa shape index (κ3) is 3.25. The summed E-state index contributed by atoms with van der Waals surface area (Å²) in [6, 6.07) is 1.39. The van der Waals surface area contributed by atoms with E-state index in [9.17, 15) is 0 Å². The minimum absolute atomic E-state index is 0.222. The number of hydrogen-bond acceptors (Lipinski definition) is 3. The number of nitrogens with zero attached hydrogens (tertiary/aromatic N) is 1. The lowest BCUT2D eigenvalue weighted by atomic mass is 9.86. The predicted octanol–water partition coefficient (Wildman–Crippen LogP) is 1.97. The van der Waals surface area contributed by atoms with Gasteiger partial charge in [-0.3, -0.25) is 0 Å². The molecule has 2 aliphatic rings. The van der Waals surface area contributed by atoms with Crippen LogP contribution in [0.15, 0.2) is 0 Å². The van der Waals surface area contributed by atoms with Gasteiger partial charge in [-0.1, -0.05) is 6.92 Å². The van der Waals surface area contributed by atoms with Gasteiger partial charge in [-0.05, 0) is 51.9 Å². The van der Waals surface area contributed by atoms with Crippen molar-refractivity contribution >= 4 is 0 Å². The summed E-state index contributed by atoms with van der Waals surface area (Å²) in [7, 11) is 0. The molecule has 3 nitrogen and oxygen atoms in total. The highest BCUT2D eigenvalue weighted by Crippen LogP contribution is 2.29. The molecule has 0 aromatic heterocycles. The Kier molecular flexibility index (Phi) is 4.68. The van der Waals surface area contributed by atoms with Gasteiger partial charge in [0.05, 0.1) is 0 Å². The van der Waals surface area contributed by atoms with Crippen LogP contribution in [0.3, 0.4) is 0 Å². The van der Waals surface area contributed by atoms with E-state index in [1.54, 1.807) is 0 Å². The van der Waals surface area contributed by atoms with Gasteiger partial charge in [-0.2, -0.15) is 0 Å². The molecule has 3 N–H and O–H groups in total. The first-order chi connectivity index (χ1) is 8.54. The molecule has 18 heavy (non-hydrogen) atoms. The van der Waals surface area contributed by atoms with Crippen LogP contribution in [0, 0.1) is 5.92 Å². The summed E-state index contributed by atoms with van der Waals surface area (Å²) in [6.07, 6.45) is 6.50. The van der Waals surface area contributed by atoms with Crippen molar-refractivity contribution in [1.82, 2.24) is 10.2 Å². The van der Waals surface area contributed by atoms with Gasteiger partial charge in [0.25, 0.3) is 0 Å². The molecule has 0 radical (unpaired) electrons. The summed E-state index contributed by atoms with van der Waals surface area (Å²) in [5.74, 6) is 0.896. The third-order valence-corrected chi connectivity index (χ3v) is 5.08.